The second-order valence-corrected chi connectivity index (χ2v) is 5.80. The number of hydrogen-bond donors (Lipinski definition) is 2. The molecule has 1 atom stereocenters. The van der Waals surface area contributed by atoms with Crippen LogP contribution in [-0.2, 0) is 4.79 Å². The maximum absolute atomic E-state index is 13.5. The highest BCUT2D eigenvalue weighted by Crippen LogP contribution is 2.22. The molecule has 0 saturated heterocycles. The summed E-state index contributed by atoms with van der Waals surface area (Å²) in [6.07, 6.45) is -1.01. The minimum Gasteiger partial charge on any atom is -0.478 e. The molecule has 1 aromatic carbocycles. The highest BCUT2D eigenvalue weighted by atomic mass is 19.1. The van der Waals surface area contributed by atoms with Gasteiger partial charge in [0.05, 0.1) is 5.69 Å². The molecular formula is C17H20FN3O4. The zero-order chi connectivity index (χ0) is 18.6. The molecule has 1 heterocycles. The smallest absolute Gasteiger partial charge is 0.279 e. The number of halogens is 1. The second kappa shape index (κ2) is 7.78. The summed E-state index contributed by atoms with van der Waals surface area (Å²) in [4.78, 5) is 24.3. The van der Waals surface area contributed by atoms with Gasteiger partial charge in [0.25, 0.3) is 11.8 Å². The first-order chi connectivity index (χ1) is 11.8. The molecule has 2 aromatic rings. The third kappa shape index (κ3) is 4.34. The van der Waals surface area contributed by atoms with Gasteiger partial charge in [0.1, 0.15) is 5.56 Å². The van der Waals surface area contributed by atoms with Crippen LogP contribution in [0.5, 0.6) is 5.75 Å². The number of hydrazine groups is 1. The van der Waals surface area contributed by atoms with Crippen molar-refractivity contribution in [3.05, 3.63) is 47.1 Å². The van der Waals surface area contributed by atoms with E-state index in [9.17, 15) is 14.0 Å². The van der Waals surface area contributed by atoms with E-state index in [1.54, 1.807) is 13.0 Å². The molecule has 7 nitrogen and oxygen atoms in total. The molecule has 25 heavy (non-hydrogen) atoms. The van der Waals surface area contributed by atoms with E-state index in [1.165, 1.54) is 25.1 Å². The van der Waals surface area contributed by atoms with Gasteiger partial charge in [0.15, 0.2) is 23.4 Å². The van der Waals surface area contributed by atoms with Crippen molar-refractivity contribution >= 4 is 11.8 Å². The molecule has 2 amide bonds. The van der Waals surface area contributed by atoms with Crippen LogP contribution >= 0.6 is 0 Å². The lowest BCUT2D eigenvalue weighted by Gasteiger charge is -2.15. The fourth-order valence-corrected chi connectivity index (χ4v) is 2.12. The second-order valence-electron chi connectivity index (χ2n) is 5.80. The van der Waals surface area contributed by atoms with Gasteiger partial charge < -0.3 is 9.26 Å². The molecule has 8 heteroatoms. The van der Waals surface area contributed by atoms with Crippen molar-refractivity contribution in [3.63, 3.8) is 0 Å². The Hall–Kier alpha value is -2.90. The van der Waals surface area contributed by atoms with E-state index in [2.05, 4.69) is 16.0 Å². The third-order valence-electron chi connectivity index (χ3n) is 3.45. The Morgan fingerprint density at radius 3 is 2.52 bits per heavy atom. The topological polar surface area (TPSA) is 93.5 Å². The molecule has 0 bridgehead atoms. The molecule has 0 fully saturated rings. The van der Waals surface area contributed by atoms with E-state index in [0.29, 0.717) is 11.5 Å². The molecular weight excluding hydrogens is 329 g/mol. The predicted molar refractivity (Wildman–Crippen MR) is 87.4 cm³/mol. The lowest BCUT2D eigenvalue weighted by atomic mass is 10.1. The number of carbonyl (C=O) groups excluding carboxylic acids is 2. The number of benzene rings is 1. The van der Waals surface area contributed by atoms with Gasteiger partial charge in [-0.1, -0.05) is 31.1 Å². The van der Waals surface area contributed by atoms with Gasteiger partial charge in [-0.2, -0.15) is 0 Å². The van der Waals surface area contributed by atoms with Crippen molar-refractivity contribution in [2.24, 2.45) is 0 Å². The number of para-hydroxylation sites is 1. The molecule has 0 unspecified atom stereocenters. The van der Waals surface area contributed by atoms with Gasteiger partial charge in [-0.25, -0.2) is 4.39 Å². The van der Waals surface area contributed by atoms with E-state index in [-0.39, 0.29) is 17.2 Å². The van der Waals surface area contributed by atoms with Crippen molar-refractivity contribution in [1.29, 1.82) is 0 Å². The largest absolute Gasteiger partial charge is 0.478 e. The number of nitrogens with zero attached hydrogens (tertiary/aromatic N) is 1. The number of nitrogens with one attached hydrogen (secondary N) is 2. The number of rotatable bonds is 5. The van der Waals surface area contributed by atoms with Gasteiger partial charge in [-0.15, -0.1) is 0 Å². The number of amides is 2. The highest BCUT2D eigenvalue weighted by Gasteiger charge is 2.24. The number of ether oxygens (including phenoxy) is 1. The predicted octanol–water partition coefficient (Wildman–Crippen LogP) is 2.47. The molecule has 134 valence electrons. The van der Waals surface area contributed by atoms with Crippen molar-refractivity contribution in [1.82, 2.24) is 16.0 Å². The summed E-state index contributed by atoms with van der Waals surface area (Å²) in [5.74, 6) is -1.41. The van der Waals surface area contributed by atoms with Gasteiger partial charge in [0, 0.05) is 5.92 Å². The first kappa shape index (κ1) is 18.4. The zero-order valence-electron chi connectivity index (χ0n) is 14.4. The van der Waals surface area contributed by atoms with Crippen LogP contribution in [0.1, 0.15) is 48.5 Å². The molecule has 0 aliphatic carbocycles. The van der Waals surface area contributed by atoms with E-state index in [0.717, 1.165) is 0 Å². The van der Waals surface area contributed by atoms with E-state index in [1.807, 2.05) is 13.8 Å². The molecule has 0 aliphatic rings. The molecule has 0 spiro atoms. The van der Waals surface area contributed by atoms with E-state index >= 15 is 0 Å². The monoisotopic (exact) mass is 349 g/mol. The third-order valence-corrected chi connectivity index (χ3v) is 3.45. The molecule has 2 N–H and O–H groups in total. The van der Waals surface area contributed by atoms with Crippen molar-refractivity contribution in [3.8, 4) is 5.75 Å². The fraction of sp³-hybridized carbons (Fsp3) is 0.353. The molecule has 0 saturated carbocycles. The van der Waals surface area contributed by atoms with Gasteiger partial charge in [-0.3, -0.25) is 20.4 Å². The average Bonchev–Trinajstić information content (AvgIpc) is 2.96. The van der Waals surface area contributed by atoms with Gasteiger partial charge in [0.2, 0.25) is 0 Å². The van der Waals surface area contributed by atoms with Crippen molar-refractivity contribution < 1.29 is 23.2 Å². The summed E-state index contributed by atoms with van der Waals surface area (Å²) in [5.41, 5.74) is 5.24. The van der Waals surface area contributed by atoms with Crippen LogP contribution in [0.4, 0.5) is 4.39 Å². The summed E-state index contributed by atoms with van der Waals surface area (Å²) >= 11 is 0. The van der Waals surface area contributed by atoms with Crippen molar-refractivity contribution in [2.75, 3.05) is 0 Å². The maximum atomic E-state index is 13.5. The molecule has 2 rings (SSSR count). The SMILES string of the molecule is Cc1noc(C(C)C)c1C(=O)NNC(=O)[C@H](C)Oc1ccccc1F. The minimum atomic E-state index is -1.01. The first-order valence-corrected chi connectivity index (χ1v) is 7.78. The summed E-state index contributed by atoms with van der Waals surface area (Å²) in [6, 6.07) is 5.74. The lowest BCUT2D eigenvalue weighted by Crippen LogP contribution is -2.47. The van der Waals surface area contributed by atoms with Crippen LogP contribution in [-0.4, -0.2) is 23.1 Å². The van der Waals surface area contributed by atoms with Crippen LogP contribution < -0.4 is 15.6 Å². The summed E-state index contributed by atoms with van der Waals surface area (Å²) in [5, 5.41) is 3.77. The number of aryl methyl sites for hydroxylation is 1. The Balaban J connectivity index is 1.97. The number of hydrogen-bond acceptors (Lipinski definition) is 5. The van der Waals surface area contributed by atoms with Crippen LogP contribution in [0.15, 0.2) is 28.8 Å². The lowest BCUT2D eigenvalue weighted by molar-refractivity contribution is -0.128. The minimum absolute atomic E-state index is 0.0408. The normalized spacial score (nSPS) is 11.9. The molecule has 0 radical (unpaired) electrons. The van der Waals surface area contributed by atoms with Gasteiger partial charge in [-0.05, 0) is 26.0 Å². The Morgan fingerprint density at radius 2 is 1.88 bits per heavy atom. The standard InChI is InChI=1S/C17H20FN3O4/c1-9(2)15-14(10(3)21-25-15)17(23)20-19-16(22)11(4)24-13-8-6-5-7-12(13)18/h5-9,11H,1-4H3,(H,19,22)(H,20,23)/t11-/m0/s1. The summed E-state index contributed by atoms with van der Waals surface area (Å²) in [6.45, 7) is 6.80. The van der Waals surface area contributed by atoms with Crippen LogP contribution in [0.25, 0.3) is 0 Å². The average molecular weight is 349 g/mol. The first-order valence-electron chi connectivity index (χ1n) is 7.78. The summed E-state index contributed by atoms with van der Waals surface area (Å²) < 4.78 is 23.9. The Kier molecular flexibility index (Phi) is 5.74. The molecule has 0 aliphatic heterocycles. The van der Waals surface area contributed by atoms with E-state index < -0.39 is 23.7 Å². The van der Waals surface area contributed by atoms with Crippen molar-refractivity contribution in [2.45, 2.75) is 39.7 Å². The molecule has 1 aromatic heterocycles. The maximum Gasteiger partial charge on any atom is 0.279 e. The van der Waals surface area contributed by atoms with Crippen LogP contribution in [0.3, 0.4) is 0 Å². The summed E-state index contributed by atoms with van der Waals surface area (Å²) in [7, 11) is 0. The van der Waals surface area contributed by atoms with Crippen LogP contribution in [0.2, 0.25) is 0 Å². The fourth-order valence-electron chi connectivity index (χ4n) is 2.12. The zero-order valence-corrected chi connectivity index (χ0v) is 14.4. The number of carbonyl (C=O) groups is 2. The van der Waals surface area contributed by atoms with Gasteiger partial charge >= 0.3 is 0 Å². The van der Waals surface area contributed by atoms with Crippen LogP contribution in [0, 0.1) is 12.7 Å². The Bertz CT molecular complexity index is 773. The quantitative estimate of drug-likeness (QED) is 0.809. The van der Waals surface area contributed by atoms with E-state index in [4.69, 9.17) is 9.26 Å². The number of aromatic nitrogens is 1. The Labute approximate surface area is 144 Å². The Morgan fingerprint density at radius 1 is 1.20 bits per heavy atom. The highest BCUT2D eigenvalue weighted by molar-refractivity contribution is 5.97.